The Morgan fingerprint density at radius 2 is 2.25 bits per heavy atom. The van der Waals surface area contributed by atoms with Gasteiger partial charge in [-0.1, -0.05) is 12.7 Å². The second-order valence-corrected chi connectivity index (χ2v) is 3.63. The summed E-state index contributed by atoms with van der Waals surface area (Å²) in [6, 6.07) is 7.12. The van der Waals surface area contributed by atoms with Gasteiger partial charge in [-0.3, -0.25) is 4.79 Å². The van der Waals surface area contributed by atoms with E-state index in [1.165, 1.54) is 6.07 Å². The number of nitrogens with one attached hydrogen (secondary N) is 1. The third kappa shape index (κ3) is 1.98. The zero-order valence-electron chi connectivity index (χ0n) is 9.12. The predicted octanol–water partition coefficient (Wildman–Crippen LogP) is 2.40. The van der Waals surface area contributed by atoms with E-state index >= 15 is 0 Å². The van der Waals surface area contributed by atoms with E-state index in [0.29, 0.717) is 6.61 Å². The average Bonchev–Trinajstić information content (AvgIpc) is 2.27. The molecule has 2 rings (SSSR count). The molecule has 0 radical (unpaired) electrons. The quantitative estimate of drug-likeness (QED) is 0.799. The Kier molecular flexibility index (Phi) is 2.77. The van der Waals surface area contributed by atoms with Gasteiger partial charge in [0.05, 0.1) is 5.52 Å². The lowest BCUT2D eigenvalue weighted by atomic mass is 10.1. The minimum atomic E-state index is -0.0876. The molecule has 0 aliphatic rings. The van der Waals surface area contributed by atoms with Gasteiger partial charge in [-0.05, 0) is 30.7 Å². The zero-order chi connectivity index (χ0) is 11.5. The van der Waals surface area contributed by atoms with Crippen molar-refractivity contribution in [3.8, 4) is 5.75 Å². The van der Waals surface area contributed by atoms with Gasteiger partial charge in [-0.2, -0.15) is 0 Å². The molecule has 3 nitrogen and oxygen atoms in total. The molecule has 0 bridgehead atoms. The molecule has 0 saturated heterocycles. The van der Waals surface area contributed by atoms with Gasteiger partial charge < -0.3 is 9.72 Å². The van der Waals surface area contributed by atoms with Gasteiger partial charge in [0.15, 0.2) is 0 Å². The van der Waals surface area contributed by atoms with Crippen molar-refractivity contribution in [3.63, 3.8) is 0 Å². The molecule has 0 saturated carbocycles. The molecule has 82 valence electrons. The van der Waals surface area contributed by atoms with E-state index < -0.39 is 0 Å². The fourth-order valence-corrected chi connectivity index (χ4v) is 1.65. The first-order chi connectivity index (χ1) is 7.70. The van der Waals surface area contributed by atoms with E-state index in [0.717, 1.165) is 22.2 Å². The van der Waals surface area contributed by atoms with Crippen molar-refractivity contribution < 1.29 is 4.74 Å². The highest BCUT2D eigenvalue weighted by atomic mass is 16.5. The molecule has 16 heavy (non-hydrogen) atoms. The Hall–Kier alpha value is -2.03. The molecular weight excluding hydrogens is 202 g/mol. The number of rotatable bonds is 3. The van der Waals surface area contributed by atoms with Crippen LogP contribution in [0.25, 0.3) is 10.9 Å². The van der Waals surface area contributed by atoms with Crippen molar-refractivity contribution >= 4 is 10.9 Å². The van der Waals surface area contributed by atoms with Gasteiger partial charge in [0, 0.05) is 11.5 Å². The first-order valence-electron chi connectivity index (χ1n) is 5.08. The molecule has 2 aromatic rings. The van der Waals surface area contributed by atoms with E-state index in [2.05, 4.69) is 11.6 Å². The fraction of sp³-hybridized carbons (Fsp3) is 0.154. The molecule has 1 heterocycles. The van der Waals surface area contributed by atoms with Crippen LogP contribution < -0.4 is 10.3 Å². The summed E-state index contributed by atoms with van der Waals surface area (Å²) in [6.45, 7) is 6.02. The topological polar surface area (TPSA) is 42.1 Å². The van der Waals surface area contributed by atoms with Crippen molar-refractivity contribution in [3.05, 3.63) is 52.8 Å². The summed E-state index contributed by atoms with van der Waals surface area (Å²) in [5.74, 6) is 0.789. The van der Waals surface area contributed by atoms with Gasteiger partial charge in [-0.15, -0.1) is 0 Å². The molecule has 0 fully saturated rings. The van der Waals surface area contributed by atoms with E-state index in [-0.39, 0.29) is 5.56 Å². The molecule has 0 aliphatic heterocycles. The van der Waals surface area contributed by atoms with E-state index in [9.17, 15) is 4.79 Å². The third-order valence-electron chi connectivity index (χ3n) is 2.37. The second kappa shape index (κ2) is 4.23. The maximum atomic E-state index is 11.2. The first kappa shape index (κ1) is 10.5. The normalized spacial score (nSPS) is 10.3. The molecule has 1 aromatic carbocycles. The summed E-state index contributed by atoms with van der Waals surface area (Å²) in [5.41, 5.74) is 1.77. The van der Waals surface area contributed by atoms with Crippen LogP contribution in [0.5, 0.6) is 5.75 Å². The van der Waals surface area contributed by atoms with Gasteiger partial charge in [0.1, 0.15) is 12.4 Å². The van der Waals surface area contributed by atoms with Crippen LogP contribution >= 0.6 is 0 Å². The average molecular weight is 215 g/mol. The predicted molar refractivity (Wildman–Crippen MR) is 65.0 cm³/mol. The maximum Gasteiger partial charge on any atom is 0.248 e. The van der Waals surface area contributed by atoms with Crippen molar-refractivity contribution in [1.82, 2.24) is 4.98 Å². The zero-order valence-corrected chi connectivity index (χ0v) is 9.12. The highest BCUT2D eigenvalue weighted by Gasteiger charge is 2.02. The largest absolute Gasteiger partial charge is 0.490 e. The summed E-state index contributed by atoms with van der Waals surface area (Å²) >= 11 is 0. The molecule has 0 amide bonds. The van der Waals surface area contributed by atoms with E-state index in [1.807, 2.05) is 19.1 Å². The van der Waals surface area contributed by atoms with Crippen LogP contribution in [0, 0.1) is 6.92 Å². The van der Waals surface area contributed by atoms with Crippen molar-refractivity contribution in [1.29, 1.82) is 0 Å². The smallest absolute Gasteiger partial charge is 0.248 e. The molecule has 0 unspecified atom stereocenters. The number of fused-ring (bicyclic) bond motifs is 1. The van der Waals surface area contributed by atoms with Crippen LogP contribution in [0.3, 0.4) is 0 Å². The number of aromatic amines is 1. The van der Waals surface area contributed by atoms with Gasteiger partial charge in [0.2, 0.25) is 5.56 Å². The summed E-state index contributed by atoms with van der Waals surface area (Å²) in [7, 11) is 0. The number of aromatic nitrogens is 1. The molecule has 0 spiro atoms. The van der Waals surface area contributed by atoms with Crippen LogP contribution in [0.2, 0.25) is 0 Å². The lowest BCUT2D eigenvalue weighted by Crippen LogP contribution is -2.03. The molecule has 3 heteroatoms. The number of hydrogen-bond donors (Lipinski definition) is 1. The van der Waals surface area contributed by atoms with Crippen LogP contribution in [0.15, 0.2) is 41.7 Å². The van der Waals surface area contributed by atoms with Crippen LogP contribution in [0.4, 0.5) is 0 Å². The molecule has 0 atom stereocenters. The number of pyridine rings is 1. The van der Waals surface area contributed by atoms with Crippen LogP contribution in [-0.4, -0.2) is 11.6 Å². The Morgan fingerprint density at radius 1 is 1.44 bits per heavy atom. The van der Waals surface area contributed by atoms with Gasteiger partial charge >= 0.3 is 0 Å². The number of benzene rings is 1. The Balaban J connectivity index is 2.54. The summed E-state index contributed by atoms with van der Waals surface area (Å²) < 4.78 is 5.46. The molecule has 1 aromatic heterocycles. The highest BCUT2D eigenvalue weighted by molar-refractivity contribution is 5.83. The summed E-state index contributed by atoms with van der Waals surface area (Å²) in [5, 5.41) is 0.971. The summed E-state index contributed by atoms with van der Waals surface area (Å²) in [4.78, 5) is 14.0. The number of hydrogen-bond acceptors (Lipinski definition) is 2. The standard InChI is InChI=1S/C13H13NO2/c1-3-6-16-11-7-9(2)13-10(8-11)4-5-12(15)14-13/h3-5,7-8H,1,6H2,2H3,(H,14,15). The fourth-order valence-electron chi connectivity index (χ4n) is 1.65. The minimum absolute atomic E-state index is 0.0876. The first-order valence-corrected chi connectivity index (χ1v) is 5.08. The van der Waals surface area contributed by atoms with Crippen molar-refractivity contribution in [2.75, 3.05) is 6.61 Å². The Labute approximate surface area is 93.4 Å². The van der Waals surface area contributed by atoms with Crippen LogP contribution in [0.1, 0.15) is 5.56 Å². The van der Waals surface area contributed by atoms with Crippen molar-refractivity contribution in [2.45, 2.75) is 6.92 Å². The Bertz CT molecular complexity index is 584. The van der Waals surface area contributed by atoms with Crippen LogP contribution in [-0.2, 0) is 0 Å². The minimum Gasteiger partial charge on any atom is -0.490 e. The van der Waals surface area contributed by atoms with E-state index in [4.69, 9.17) is 4.74 Å². The Morgan fingerprint density at radius 3 is 3.00 bits per heavy atom. The third-order valence-corrected chi connectivity index (χ3v) is 2.37. The molecule has 1 N–H and O–H groups in total. The van der Waals surface area contributed by atoms with E-state index in [1.54, 1.807) is 12.1 Å². The number of aryl methyl sites for hydroxylation is 1. The summed E-state index contributed by atoms with van der Waals surface area (Å²) in [6.07, 6.45) is 1.70. The lowest BCUT2D eigenvalue weighted by Gasteiger charge is -2.07. The number of ether oxygens (including phenoxy) is 1. The highest BCUT2D eigenvalue weighted by Crippen LogP contribution is 2.22. The van der Waals surface area contributed by atoms with Gasteiger partial charge in [0.25, 0.3) is 0 Å². The number of H-pyrrole nitrogens is 1. The molecular formula is C13H13NO2. The molecule has 0 aliphatic carbocycles. The maximum absolute atomic E-state index is 11.2. The SMILES string of the molecule is C=CCOc1cc(C)c2[nH]c(=O)ccc2c1. The van der Waals surface area contributed by atoms with Gasteiger partial charge in [-0.25, -0.2) is 0 Å². The monoisotopic (exact) mass is 215 g/mol. The second-order valence-electron chi connectivity index (χ2n) is 3.63. The lowest BCUT2D eigenvalue weighted by molar-refractivity contribution is 0.363. The van der Waals surface area contributed by atoms with Crippen molar-refractivity contribution in [2.24, 2.45) is 0 Å².